The van der Waals surface area contributed by atoms with E-state index in [1.165, 1.54) is 14.2 Å². The van der Waals surface area contributed by atoms with Crippen LogP contribution in [0.3, 0.4) is 0 Å². The molecule has 17 heteroatoms. The van der Waals surface area contributed by atoms with Crippen molar-refractivity contribution in [3.63, 3.8) is 0 Å². The molecular weight excluding hydrogens is 971 g/mol. The quantitative estimate of drug-likeness (QED) is 0.0556. The van der Waals surface area contributed by atoms with E-state index in [0.29, 0.717) is 104 Å². The predicted molar refractivity (Wildman–Crippen MR) is 294 cm³/mol. The zero-order valence-electron chi connectivity index (χ0n) is 44.6. The fourth-order valence-corrected chi connectivity index (χ4v) is 11.0. The third-order valence-corrected chi connectivity index (χ3v) is 17.4. The van der Waals surface area contributed by atoms with Gasteiger partial charge >= 0.3 is 0 Å². The summed E-state index contributed by atoms with van der Waals surface area (Å²) in [5, 5.41) is 0. The number of amides is 4. The lowest BCUT2D eigenvalue weighted by Gasteiger charge is -2.27. The molecule has 0 radical (unpaired) electrons. The summed E-state index contributed by atoms with van der Waals surface area (Å²) < 4.78 is 36.7. The first-order valence-electron chi connectivity index (χ1n) is 25.8. The highest BCUT2D eigenvalue weighted by atomic mass is 28.3. The van der Waals surface area contributed by atoms with Crippen LogP contribution in [0.4, 0.5) is 11.4 Å². The van der Waals surface area contributed by atoms with Crippen molar-refractivity contribution in [2.75, 3.05) is 63.9 Å². The molecule has 0 bridgehead atoms. The zero-order valence-corrected chi connectivity index (χ0v) is 46.6. The lowest BCUT2D eigenvalue weighted by molar-refractivity contribution is -0.123. The number of ether oxygens (including phenoxy) is 6. The molecule has 15 nitrogen and oxygen atoms in total. The summed E-state index contributed by atoms with van der Waals surface area (Å²) in [7, 11) is 0.222. The number of unbranched alkanes of at least 4 members (excludes halogenated alkanes) is 2. The molecule has 0 unspecified atom stereocenters. The SMILES string of the molecule is COc1cc2c(cc1OCCCCCOc1cc3c(cc1OC)C(=O)N1C=C(c4ccc(CN)cc4)C[C@H]1C(=O)N3COCC[Si](C)(C)C)N(COCC[Si](C)(C)C)C(=O)[C@@H]1CC(c3ccc(C)cc3)=CN1C2=O. The monoisotopic (exact) mass is 1040 g/mol. The number of hydrogen-bond donors (Lipinski definition) is 1. The number of anilines is 2. The van der Waals surface area contributed by atoms with E-state index >= 15 is 0 Å². The maximum absolute atomic E-state index is 14.6. The van der Waals surface area contributed by atoms with Crippen molar-refractivity contribution in [2.24, 2.45) is 5.73 Å². The fraction of sp³-hybridized carbons (Fsp3) is 0.439. The van der Waals surface area contributed by atoms with Gasteiger partial charge in [0.2, 0.25) is 0 Å². The maximum atomic E-state index is 14.6. The van der Waals surface area contributed by atoms with Gasteiger partial charge < -0.3 is 44.0 Å². The Morgan fingerprint density at radius 1 is 0.554 bits per heavy atom. The highest BCUT2D eigenvalue weighted by Crippen LogP contribution is 2.44. The van der Waals surface area contributed by atoms with Gasteiger partial charge in [-0.25, -0.2) is 0 Å². The first kappa shape index (κ1) is 54.0. The summed E-state index contributed by atoms with van der Waals surface area (Å²) in [6, 6.07) is 23.1. The van der Waals surface area contributed by atoms with Crippen molar-refractivity contribution in [1.29, 1.82) is 0 Å². The minimum atomic E-state index is -1.43. The molecule has 0 aliphatic carbocycles. The van der Waals surface area contributed by atoms with Gasteiger partial charge in [-0.3, -0.25) is 29.0 Å². The first-order chi connectivity index (χ1) is 35.4. The summed E-state index contributed by atoms with van der Waals surface area (Å²) in [6.07, 6.45) is 6.38. The molecule has 394 valence electrons. The molecular formula is C57H73N5O10Si2. The van der Waals surface area contributed by atoms with Crippen LogP contribution in [0.1, 0.15) is 75.1 Å². The van der Waals surface area contributed by atoms with Gasteiger partial charge in [-0.2, -0.15) is 0 Å². The van der Waals surface area contributed by atoms with Gasteiger partial charge in [-0.05, 0) is 78.2 Å². The molecule has 0 saturated heterocycles. The Bertz CT molecular complexity index is 2790. The maximum Gasteiger partial charge on any atom is 0.260 e. The van der Waals surface area contributed by atoms with Crippen LogP contribution in [-0.4, -0.2) is 116 Å². The van der Waals surface area contributed by atoms with Crippen LogP contribution in [0, 0.1) is 6.92 Å². The average molecular weight is 1040 g/mol. The van der Waals surface area contributed by atoms with Gasteiger partial charge in [-0.15, -0.1) is 0 Å². The van der Waals surface area contributed by atoms with E-state index in [9.17, 15) is 19.2 Å². The number of nitrogens with two attached hydrogens (primary N) is 1. The standard InChI is InChI=1S/C57H73N5O10Si2/c1-38-13-17-40(18-14-38)42-27-48-56(65)61(36-69-23-25-73(4,5)6)46-31-52(50(67-2)29-44(46)54(63)59(48)34-42)71-21-11-10-12-22-72-53-32-47-45(30-51(53)68-3)55(64)60-35-43(41-19-15-39(33-58)16-20-41)28-49(60)57(66)62(47)37-70-24-26-74(7,8)9/h13-20,29-32,34-35,48-49H,10-12,21-28,33,36-37,58H2,1-9H3/t48-,49-/m0/s1. The second-order valence-corrected chi connectivity index (χ2v) is 33.2. The van der Waals surface area contributed by atoms with Crippen LogP contribution in [0.25, 0.3) is 11.1 Å². The predicted octanol–water partition coefficient (Wildman–Crippen LogP) is 9.93. The second-order valence-electron chi connectivity index (χ2n) is 22.0. The van der Waals surface area contributed by atoms with Crippen molar-refractivity contribution in [1.82, 2.24) is 9.80 Å². The Kier molecular flexibility index (Phi) is 16.9. The molecule has 8 rings (SSSR count). The van der Waals surface area contributed by atoms with E-state index in [0.717, 1.165) is 51.9 Å². The molecule has 4 aromatic carbocycles. The fourth-order valence-electron chi connectivity index (χ4n) is 9.44. The molecule has 74 heavy (non-hydrogen) atoms. The number of methoxy groups -OCH3 is 2. The summed E-state index contributed by atoms with van der Waals surface area (Å²) in [5.74, 6) is 0.503. The topological polar surface area (TPSA) is 163 Å². The highest BCUT2D eigenvalue weighted by Gasteiger charge is 2.45. The summed E-state index contributed by atoms with van der Waals surface area (Å²) in [4.78, 5) is 64.2. The van der Waals surface area contributed by atoms with Crippen LogP contribution >= 0.6 is 0 Å². The number of benzene rings is 4. The lowest BCUT2D eigenvalue weighted by Crippen LogP contribution is -2.45. The number of hydrogen-bond acceptors (Lipinski definition) is 11. The second kappa shape index (κ2) is 23.1. The molecule has 0 saturated carbocycles. The van der Waals surface area contributed by atoms with Crippen molar-refractivity contribution < 1.29 is 47.6 Å². The Morgan fingerprint density at radius 2 is 0.973 bits per heavy atom. The minimum Gasteiger partial charge on any atom is -0.493 e. The largest absolute Gasteiger partial charge is 0.493 e. The first-order valence-corrected chi connectivity index (χ1v) is 33.2. The van der Waals surface area contributed by atoms with Gasteiger partial charge in [0.1, 0.15) is 25.5 Å². The molecule has 0 fully saturated rings. The molecule has 0 aromatic heterocycles. The molecule has 4 heterocycles. The highest BCUT2D eigenvalue weighted by molar-refractivity contribution is 6.76. The molecule has 4 aliphatic rings. The molecule has 0 spiro atoms. The van der Waals surface area contributed by atoms with Crippen molar-refractivity contribution in [3.8, 4) is 23.0 Å². The van der Waals surface area contributed by atoms with E-state index in [1.54, 1.807) is 56.3 Å². The minimum absolute atomic E-state index is 0.00548. The molecule has 4 aromatic rings. The van der Waals surface area contributed by atoms with Crippen LogP contribution in [0.15, 0.2) is 85.2 Å². The molecule has 4 aliphatic heterocycles. The third kappa shape index (κ3) is 12.3. The number of carbonyl (C=O) groups excluding carboxylic acids is 4. The Labute approximate surface area is 438 Å². The van der Waals surface area contributed by atoms with Crippen molar-refractivity contribution in [2.45, 2.75) is 109 Å². The number of rotatable bonds is 23. The van der Waals surface area contributed by atoms with E-state index in [4.69, 9.17) is 34.2 Å². The average Bonchev–Trinajstić information content (AvgIpc) is 4.01. The number of carbonyl (C=O) groups is 4. The van der Waals surface area contributed by atoms with Crippen molar-refractivity contribution in [3.05, 3.63) is 119 Å². The van der Waals surface area contributed by atoms with Crippen LogP contribution in [0.5, 0.6) is 23.0 Å². The van der Waals surface area contributed by atoms with Gasteiger partial charge in [0.05, 0.1) is 49.9 Å². The summed E-state index contributed by atoms with van der Waals surface area (Å²) in [6.45, 7) is 17.7. The van der Waals surface area contributed by atoms with E-state index in [2.05, 4.69) is 39.3 Å². The van der Waals surface area contributed by atoms with E-state index in [-0.39, 0.29) is 37.1 Å². The zero-order chi connectivity index (χ0) is 52.9. The number of nitrogens with zero attached hydrogens (tertiary/aromatic N) is 4. The molecule has 2 atom stereocenters. The van der Waals surface area contributed by atoms with Gasteiger partial charge in [-0.1, -0.05) is 93.4 Å². The number of fused-ring (bicyclic) bond motifs is 4. The summed E-state index contributed by atoms with van der Waals surface area (Å²) in [5.41, 5.74) is 13.1. The normalized spacial score (nSPS) is 17.6. The third-order valence-electron chi connectivity index (χ3n) is 14.0. The Hall–Kier alpha value is -6.25. The van der Waals surface area contributed by atoms with Crippen LogP contribution in [-0.2, 0) is 25.6 Å². The Morgan fingerprint density at radius 3 is 1.36 bits per heavy atom. The van der Waals surface area contributed by atoms with Gasteiger partial charge in [0.25, 0.3) is 23.6 Å². The number of aryl methyl sites for hydroxylation is 1. The molecule has 4 amide bonds. The van der Waals surface area contributed by atoms with Gasteiger partial charge in [0, 0.05) is 73.3 Å². The Balaban J connectivity index is 0.950. The van der Waals surface area contributed by atoms with Gasteiger partial charge in [0.15, 0.2) is 23.0 Å². The summed E-state index contributed by atoms with van der Waals surface area (Å²) >= 11 is 0. The van der Waals surface area contributed by atoms with Crippen LogP contribution in [0.2, 0.25) is 51.4 Å². The van der Waals surface area contributed by atoms with Crippen molar-refractivity contribution >= 4 is 62.3 Å². The van der Waals surface area contributed by atoms with E-state index < -0.39 is 28.2 Å². The molecule has 2 N–H and O–H groups in total. The lowest BCUT2D eigenvalue weighted by atomic mass is 10.0. The van der Waals surface area contributed by atoms with E-state index in [1.807, 2.05) is 55.5 Å². The van der Waals surface area contributed by atoms with Crippen LogP contribution < -0.4 is 34.5 Å². The smallest absolute Gasteiger partial charge is 0.260 e.